The third-order valence-electron chi connectivity index (χ3n) is 4.62. The van der Waals surface area contributed by atoms with Gasteiger partial charge >= 0.3 is 12.1 Å². The van der Waals surface area contributed by atoms with Crippen molar-refractivity contribution in [1.29, 1.82) is 0 Å². The zero-order valence-electron chi connectivity index (χ0n) is 17.5. The van der Waals surface area contributed by atoms with Gasteiger partial charge in [0.15, 0.2) is 0 Å². The molecule has 0 unspecified atom stereocenters. The maximum atomic E-state index is 12.8. The quantitative estimate of drug-likeness (QED) is 0.643. The Hall–Kier alpha value is -2.15. The van der Waals surface area contributed by atoms with Crippen LogP contribution in [0.3, 0.4) is 0 Å². The maximum Gasteiger partial charge on any atom is 0.407 e. The van der Waals surface area contributed by atoms with Crippen molar-refractivity contribution >= 4 is 12.1 Å². The van der Waals surface area contributed by atoms with Crippen LogP contribution in [-0.2, 0) is 14.2 Å². The number of carbonyl (C=O) groups excluding carboxylic acids is 2. The summed E-state index contributed by atoms with van der Waals surface area (Å²) in [6.45, 7) is 5.00. The van der Waals surface area contributed by atoms with E-state index in [4.69, 9.17) is 14.2 Å². The molecule has 1 aromatic carbocycles. The van der Waals surface area contributed by atoms with E-state index in [1.54, 1.807) is 45.0 Å². The molecule has 1 N–H and O–H groups in total. The highest BCUT2D eigenvalue weighted by atomic mass is 19.1. The Labute approximate surface area is 172 Å². The van der Waals surface area contributed by atoms with Crippen LogP contribution in [0.5, 0.6) is 0 Å². The Kier molecular flexibility index (Phi) is 8.89. The normalized spacial score (nSPS) is 20.6. The highest BCUT2D eigenvalue weighted by Gasteiger charge is 2.26. The number of alkyl halides is 1. The molecule has 0 saturated heterocycles. The highest BCUT2D eigenvalue weighted by molar-refractivity contribution is 5.89. The van der Waals surface area contributed by atoms with Crippen LogP contribution in [0.1, 0.15) is 63.2 Å². The summed E-state index contributed by atoms with van der Waals surface area (Å²) in [5.74, 6) is -0.306. The van der Waals surface area contributed by atoms with Crippen molar-refractivity contribution in [1.82, 2.24) is 5.32 Å². The molecule has 162 valence electrons. The third-order valence-corrected chi connectivity index (χ3v) is 4.62. The van der Waals surface area contributed by atoms with Gasteiger partial charge in [0.2, 0.25) is 0 Å². The molecule has 1 aliphatic carbocycles. The maximum absolute atomic E-state index is 12.8. The molecular weight excluding hydrogens is 377 g/mol. The van der Waals surface area contributed by atoms with Crippen molar-refractivity contribution in [2.24, 2.45) is 0 Å². The zero-order valence-corrected chi connectivity index (χ0v) is 17.5. The van der Waals surface area contributed by atoms with Gasteiger partial charge in [0, 0.05) is 0 Å². The lowest BCUT2D eigenvalue weighted by Crippen LogP contribution is -2.42. The van der Waals surface area contributed by atoms with Gasteiger partial charge in [-0.2, -0.15) is 0 Å². The lowest BCUT2D eigenvalue weighted by molar-refractivity contribution is -0.0264. The summed E-state index contributed by atoms with van der Waals surface area (Å²) in [6, 6.07) is 8.50. The molecule has 1 atom stereocenters. The Morgan fingerprint density at radius 2 is 1.72 bits per heavy atom. The van der Waals surface area contributed by atoms with Gasteiger partial charge in [0.1, 0.15) is 11.7 Å². The monoisotopic (exact) mass is 409 g/mol. The molecule has 0 spiro atoms. The first-order valence-corrected chi connectivity index (χ1v) is 10.2. The van der Waals surface area contributed by atoms with E-state index in [0.717, 1.165) is 25.7 Å². The Balaban J connectivity index is 1.71. The molecule has 7 heteroatoms. The van der Waals surface area contributed by atoms with Gasteiger partial charge in [0.25, 0.3) is 0 Å². The first kappa shape index (κ1) is 23.1. The van der Waals surface area contributed by atoms with Gasteiger partial charge in [-0.05, 0) is 65.0 Å². The summed E-state index contributed by atoms with van der Waals surface area (Å²) < 4.78 is 29.5. The van der Waals surface area contributed by atoms with E-state index in [-0.39, 0.29) is 31.2 Å². The van der Waals surface area contributed by atoms with Gasteiger partial charge in [-0.3, -0.25) is 4.39 Å². The molecule has 0 aromatic heterocycles. The summed E-state index contributed by atoms with van der Waals surface area (Å²) in [5.41, 5.74) is -0.0611. The first-order valence-electron chi connectivity index (χ1n) is 10.2. The van der Waals surface area contributed by atoms with Crippen LogP contribution >= 0.6 is 0 Å². The van der Waals surface area contributed by atoms with Gasteiger partial charge in [0.05, 0.1) is 31.0 Å². The largest absolute Gasteiger partial charge is 0.459 e. The van der Waals surface area contributed by atoms with E-state index in [1.165, 1.54) is 0 Å². The fraction of sp³-hybridized carbons (Fsp3) is 0.636. The van der Waals surface area contributed by atoms with Gasteiger partial charge in [-0.1, -0.05) is 18.2 Å². The third kappa shape index (κ3) is 8.81. The topological polar surface area (TPSA) is 73.9 Å². The standard InChI is InChI=1S/C22H32FNO5/c1-22(2,3)29-21(26)24-17(13-14-23)15-27-18-9-11-19(12-10-18)28-20(25)16-7-5-4-6-8-16/h4-8,17-19H,9-15H2,1-3H3,(H,24,26)/t17-,18?,19?/m0/s1. The molecule has 6 nitrogen and oxygen atoms in total. The fourth-order valence-corrected chi connectivity index (χ4v) is 3.17. The Morgan fingerprint density at radius 1 is 1.10 bits per heavy atom. The van der Waals surface area contributed by atoms with Crippen molar-refractivity contribution in [2.75, 3.05) is 13.3 Å². The van der Waals surface area contributed by atoms with Crippen LogP contribution in [0, 0.1) is 0 Å². The van der Waals surface area contributed by atoms with Crippen LogP contribution in [0.25, 0.3) is 0 Å². The van der Waals surface area contributed by atoms with E-state index < -0.39 is 24.4 Å². The lowest BCUT2D eigenvalue weighted by atomic mass is 9.95. The minimum atomic E-state index is -0.610. The Morgan fingerprint density at radius 3 is 2.31 bits per heavy atom. The molecule has 2 rings (SSSR count). The van der Waals surface area contributed by atoms with E-state index in [2.05, 4.69) is 5.32 Å². The number of amides is 1. The van der Waals surface area contributed by atoms with Crippen molar-refractivity contribution in [3.8, 4) is 0 Å². The SMILES string of the molecule is CC(C)(C)OC(=O)N[C@@H](CCF)COC1CCC(OC(=O)c2ccccc2)CC1. The molecule has 1 fully saturated rings. The molecule has 1 amide bonds. The number of benzene rings is 1. The predicted octanol–water partition coefficient (Wildman–Crippen LogP) is 4.42. The summed E-state index contributed by atoms with van der Waals surface area (Å²) in [4.78, 5) is 24.0. The molecule has 1 saturated carbocycles. The number of carbonyl (C=O) groups is 2. The van der Waals surface area contributed by atoms with Gasteiger partial charge < -0.3 is 19.5 Å². The summed E-state index contributed by atoms with van der Waals surface area (Å²) in [6.07, 6.45) is 2.42. The number of halogens is 1. The fourth-order valence-electron chi connectivity index (χ4n) is 3.17. The average molecular weight is 409 g/mol. The van der Waals surface area contributed by atoms with Gasteiger partial charge in [-0.25, -0.2) is 9.59 Å². The van der Waals surface area contributed by atoms with E-state index >= 15 is 0 Å². The predicted molar refractivity (Wildman–Crippen MR) is 108 cm³/mol. The van der Waals surface area contributed by atoms with Crippen LogP contribution in [0.2, 0.25) is 0 Å². The minimum absolute atomic E-state index is 0.00391. The molecule has 0 radical (unpaired) electrons. The van der Waals surface area contributed by atoms with Gasteiger partial charge in [-0.15, -0.1) is 0 Å². The second-order valence-corrected chi connectivity index (χ2v) is 8.32. The van der Waals surface area contributed by atoms with Crippen molar-refractivity contribution < 1.29 is 28.2 Å². The summed E-state index contributed by atoms with van der Waals surface area (Å²) in [7, 11) is 0. The number of rotatable bonds is 8. The van der Waals surface area contributed by atoms with E-state index in [9.17, 15) is 14.0 Å². The van der Waals surface area contributed by atoms with Crippen molar-refractivity contribution in [2.45, 2.75) is 76.7 Å². The average Bonchev–Trinajstić information content (AvgIpc) is 2.66. The number of ether oxygens (including phenoxy) is 3. The number of hydrogen-bond donors (Lipinski definition) is 1. The lowest BCUT2D eigenvalue weighted by Gasteiger charge is -2.30. The highest BCUT2D eigenvalue weighted by Crippen LogP contribution is 2.24. The van der Waals surface area contributed by atoms with Crippen LogP contribution in [-0.4, -0.2) is 49.2 Å². The second kappa shape index (κ2) is 11.1. The van der Waals surface area contributed by atoms with Crippen molar-refractivity contribution in [3.63, 3.8) is 0 Å². The molecule has 1 aromatic rings. The molecule has 0 aliphatic heterocycles. The van der Waals surface area contributed by atoms with E-state index in [1.807, 2.05) is 6.07 Å². The van der Waals surface area contributed by atoms with Crippen LogP contribution in [0.4, 0.5) is 9.18 Å². The Bertz CT molecular complexity index is 638. The molecule has 0 heterocycles. The number of alkyl carbamates (subject to hydrolysis) is 1. The summed E-state index contributed by atoms with van der Waals surface area (Å²) >= 11 is 0. The zero-order chi connectivity index (χ0) is 21.3. The number of hydrogen-bond acceptors (Lipinski definition) is 5. The molecular formula is C22H32FNO5. The van der Waals surface area contributed by atoms with Crippen LogP contribution in [0.15, 0.2) is 30.3 Å². The molecule has 0 bridgehead atoms. The van der Waals surface area contributed by atoms with Crippen LogP contribution < -0.4 is 5.32 Å². The minimum Gasteiger partial charge on any atom is -0.459 e. The first-order chi connectivity index (χ1) is 13.8. The van der Waals surface area contributed by atoms with E-state index in [0.29, 0.717) is 5.56 Å². The number of nitrogens with one attached hydrogen (secondary N) is 1. The molecule has 29 heavy (non-hydrogen) atoms. The summed E-state index contributed by atoms with van der Waals surface area (Å²) in [5, 5.41) is 2.67. The second-order valence-electron chi connectivity index (χ2n) is 8.32. The smallest absolute Gasteiger partial charge is 0.407 e. The van der Waals surface area contributed by atoms with Crippen molar-refractivity contribution in [3.05, 3.63) is 35.9 Å². The number of esters is 1. The molecule has 1 aliphatic rings.